The first-order valence-electron chi connectivity index (χ1n) is 8.12. The van der Waals surface area contributed by atoms with Crippen LogP contribution in [0.1, 0.15) is 11.9 Å². The summed E-state index contributed by atoms with van der Waals surface area (Å²) in [6.07, 6.45) is -0.939. The smallest absolute Gasteiger partial charge is 0.414 e. The van der Waals surface area contributed by atoms with E-state index < -0.39 is 18.0 Å². The van der Waals surface area contributed by atoms with Gasteiger partial charge < -0.3 is 4.74 Å². The van der Waals surface area contributed by atoms with Gasteiger partial charge in [0.1, 0.15) is 18.0 Å². The van der Waals surface area contributed by atoms with Gasteiger partial charge in [-0.05, 0) is 25.1 Å². The van der Waals surface area contributed by atoms with Crippen molar-refractivity contribution < 1.29 is 13.9 Å². The van der Waals surface area contributed by atoms with Gasteiger partial charge in [-0.25, -0.2) is 9.18 Å². The molecule has 1 aromatic heterocycles. The van der Waals surface area contributed by atoms with Crippen LogP contribution in [0.2, 0.25) is 0 Å². The second-order valence-corrected chi connectivity index (χ2v) is 6.58. The number of aromatic nitrogens is 2. The SMILES string of the molecule is CCN(CC1CN(c2ccc(-c3nnc(C#N)s3)c(F)c2)C(=O)O1)N=NC. The molecule has 0 aliphatic carbocycles. The summed E-state index contributed by atoms with van der Waals surface area (Å²) in [6, 6.07) is 6.23. The average molecular weight is 389 g/mol. The topological polar surface area (TPSA) is 107 Å². The molecule has 1 aliphatic rings. The van der Waals surface area contributed by atoms with Crippen LogP contribution < -0.4 is 4.90 Å². The summed E-state index contributed by atoms with van der Waals surface area (Å²) in [5, 5.41) is 26.1. The standard InChI is InChI=1S/C16H16FN7O2S/c1-3-23(22-19-2)8-11-9-24(16(25)26-11)10-4-5-12(13(17)6-10)15-21-20-14(7-18)27-15/h4-6,11H,3,8-9H2,1-2H3. The third kappa shape index (κ3) is 4.01. The van der Waals surface area contributed by atoms with Crippen molar-refractivity contribution >= 4 is 23.1 Å². The molecule has 3 rings (SSSR count). The Hall–Kier alpha value is -3.13. The lowest BCUT2D eigenvalue weighted by Gasteiger charge is -2.18. The Morgan fingerprint density at radius 1 is 1.52 bits per heavy atom. The number of nitrogens with zero attached hydrogens (tertiary/aromatic N) is 7. The van der Waals surface area contributed by atoms with Gasteiger partial charge >= 0.3 is 6.09 Å². The lowest BCUT2D eigenvalue weighted by Crippen LogP contribution is -2.31. The van der Waals surface area contributed by atoms with Crippen LogP contribution in [0.5, 0.6) is 0 Å². The molecular weight excluding hydrogens is 373 g/mol. The van der Waals surface area contributed by atoms with Gasteiger partial charge in [-0.1, -0.05) is 16.6 Å². The van der Waals surface area contributed by atoms with E-state index in [2.05, 4.69) is 20.5 Å². The predicted molar refractivity (Wildman–Crippen MR) is 95.7 cm³/mol. The monoisotopic (exact) mass is 389 g/mol. The van der Waals surface area contributed by atoms with Crippen molar-refractivity contribution in [3.8, 4) is 16.6 Å². The second-order valence-electron chi connectivity index (χ2n) is 5.60. The van der Waals surface area contributed by atoms with Gasteiger partial charge in [-0.15, -0.1) is 10.2 Å². The molecule has 0 spiro atoms. The fourth-order valence-electron chi connectivity index (χ4n) is 2.64. The maximum atomic E-state index is 14.5. The lowest BCUT2D eigenvalue weighted by molar-refractivity contribution is 0.108. The van der Waals surface area contributed by atoms with Gasteiger partial charge in [0, 0.05) is 12.1 Å². The number of ether oxygens (including phenoxy) is 1. The number of rotatable bonds is 6. The van der Waals surface area contributed by atoms with Crippen molar-refractivity contribution in [2.75, 3.05) is 31.6 Å². The Morgan fingerprint density at radius 3 is 2.96 bits per heavy atom. The fraction of sp³-hybridized carbons (Fsp3) is 0.375. The molecule has 1 amide bonds. The number of hydrogen-bond acceptors (Lipinski definition) is 8. The van der Waals surface area contributed by atoms with Gasteiger partial charge in [0.2, 0.25) is 5.01 Å². The number of carbonyl (C=O) groups excluding carboxylic acids is 1. The first-order valence-corrected chi connectivity index (χ1v) is 8.93. The molecule has 2 heterocycles. The lowest BCUT2D eigenvalue weighted by atomic mass is 10.2. The summed E-state index contributed by atoms with van der Waals surface area (Å²) in [5.41, 5.74) is 0.608. The Kier molecular flexibility index (Phi) is 5.56. The summed E-state index contributed by atoms with van der Waals surface area (Å²) in [6.45, 7) is 3.23. The molecule has 1 fully saturated rings. The first kappa shape index (κ1) is 18.7. The molecule has 1 saturated heterocycles. The van der Waals surface area contributed by atoms with Crippen molar-refractivity contribution in [3.63, 3.8) is 0 Å². The number of anilines is 1. The van der Waals surface area contributed by atoms with E-state index in [1.165, 1.54) is 17.0 Å². The van der Waals surface area contributed by atoms with Gasteiger partial charge in [0.25, 0.3) is 0 Å². The molecule has 27 heavy (non-hydrogen) atoms. The van der Waals surface area contributed by atoms with Crippen LogP contribution in [-0.2, 0) is 4.74 Å². The molecule has 0 N–H and O–H groups in total. The number of cyclic esters (lactones) is 1. The highest BCUT2D eigenvalue weighted by atomic mass is 32.1. The molecule has 1 aliphatic heterocycles. The Balaban J connectivity index is 1.76. The Morgan fingerprint density at radius 2 is 2.33 bits per heavy atom. The molecule has 1 atom stereocenters. The van der Waals surface area contributed by atoms with E-state index in [4.69, 9.17) is 10.00 Å². The highest BCUT2D eigenvalue weighted by Crippen LogP contribution is 2.30. The van der Waals surface area contributed by atoms with Crippen molar-refractivity contribution in [1.82, 2.24) is 15.2 Å². The van der Waals surface area contributed by atoms with Crippen LogP contribution in [-0.4, -0.2) is 54.1 Å². The van der Waals surface area contributed by atoms with E-state index in [9.17, 15) is 9.18 Å². The molecule has 140 valence electrons. The number of halogens is 1. The number of carbonyl (C=O) groups is 1. The van der Waals surface area contributed by atoms with E-state index in [0.717, 1.165) is 11.3 Å². The highest BCUT2D eigenvalue weighted by Gasteiger charge is 2.33. The van der Waals surface area contributed by atoms with Crippen LogP contribution in [0.25, 0.3) is 10.6 Å². The first-order chi connectivity index (χ1) is 13.0. The van der Waals surface area contributed by atoms with E-state index in [1.54, 1.807) is 18.1 Å². The van der Waals surface area contributed by atoms with Crippen molar-refractivity contribution in [2.24, 2.45) is 10.3 Å². The van der Waals surface area contributed by atoms with Crippen LogP contribution >= 0.6 is 11.3 Å². The van der Waals surface area contributed by atoms with Gasteiger partial charge in [0.05, 0.1) is 25.8 Å². The van der Waals surface area contributed by atoms with Gasteiger partial charge in [0.15, 0.2) is 5.01 Å². The molecule has 0 radical (unpaired) electrons. The predicted octanol–water partition coefficient (Wildman–Crippen LogP) is 2.86. The quantitative estimate of drug-likeness (QED) is 0.555. The van der Waals surface area contributed by atoms with Crippen LogP contribution in [0.3, 0.4) is 0 Å². The molecule has 0 bridgehead atoms. The van der Waals surface area contributed by atoms with Gasteiger partial charge in [-0.3, -0.25) is 9.91 Å². The minimum absolute atomic E-state index is 0.157. The van der Waals surface area contributed by atoms with E-state index in [-0.39, 0.29) is 17.1 Å². The molecular formula is C16H16FN7O2S. The minimum Gasteiger partial charge on any atom is -0.442 e. The van der Waals surface area contributed by atoms with Gasteiger partial charge in [-0.2, -0.15) is 10.4 Å². The van der Waals surface area contributed by atoms with E-state index >= 15 is 0 Å². The zero-order valence-corrected chi connectivity index (χ0v) is 15.5. The second kappa shape index (κ2) is 8.05. The largest absolute Gasteiger partial charge is 0.442 e. The van der Waals surface area contributed by atoms with Crippen molar-refractivity contribution in [2.45, 2.75) is 13.0 Å². The molecule has 9 nitrogen and oxygen atoms in total. The Labute approximate surface area is 158 Å². The third-order valence-electron chi connectivity index (χ3n) is 3.88. The maximum absolute atomic E-state index is 14.5. The summed E-state index contributed by atoms with van der Waals surface area (Å²) in [7, 11) is 1.57. The van der Waals surface area contributed by atoms with E-state index in [0.29, 0.717) is 23.8 Å². The average Bonchev–Trinajstić information content (AvgIpc) is 3.27. The highest BCUT2D eigenvalue weighted by molar-refractivity contribution is 7.15. The number of amides is 1. The summed E-state index contributed by atoms with van der Waals surface area (Å²) >= 11 is 1.000. The van der Waals surface area contributed by atoms with Crippen molar-refractivity contribution in [3.05, 3.63) is 29.0 Å². The summed E-state index contributed by atoms with van der Waals surface area (Å²) < 4.78 is 19.9. The number of nitriles is 1. The zero-order valence-electron chi connectivity index (χ0n) is 14.7. The molecule has 1 aromatic carbocycles. The normalized spacial score (nSPS) is 16.6. The summed E-state index contributed by atoms with van der Waals surface area (Å²) in [4.78, 5) is 13.5. The Bertz CT molecular complexity index is 910. The van der Waals surface area contributed by atoms with Crippen LogP contribution in [0.4, 0.5) is 14.9 Å². The maximum Gasteiger partial charge on any atom is 0.414 e. The number of likely N-dealkylation sites (N-methyl/N-ethyl adjacent to an activating group) is 1. The molecule has 1 unspecified atom stereocenters. The third-order valence-corrected chi connectivity index (χ3v) is 4.75. The summed E-state index contributed by atoms with van der Waals surface area (Å²) in [5.74, 6) is -0.556. The van der Waals surface area contributed by atoms with E-state index in [1.807, 2.05) is 13.0 Å². The molecule has 11 heteroatoms. The molecule has 0 saturated carbocycles. The number of benzene rings is 1. The zero-order chi connectivity index (χ0) is 19.4. The van der Waals surface area contributed by atoms with Crippen molar-refractivity contribution in [1.29, 1.82) is 5.26 Å². The molecule has 2 aromatic rings. The fourth-order valence-corrected chi connectivity index (χ4v) is 3.31. The minimum atomic E-state index is -0.556. The number of hydrogen-bond donors (Lipinski definition) is 0. The van der Waals surface area contributed by atoms with Crippen LogP contribution in [0.15, 0.2) is 28.5 Å². The van der Waals surface area contributed by atoms with Crippen LogP contribution in [0, 0.1) is 17.1 Å².